The summed E-state index contributed by atoms with van der Waals surface area (Å²) < 4.78 is 49.8. The molecule has 0 spiro atoms. The summed E-state index contributed by atoms with van der Waals surface area (Å²) in [6.07, 6.45) is -4.85. The molecule has 1 aliphatic heterocycles. The van der Waals surface area contributed by atoms with Crippen LogP contribution in [0.3, 0.4) is 0 Å². The average Bonchev–Trinajstić information content (AvgIpc) is 2.37. The number of nitrogen functional groups attached to an aromatic ring is 1. The van der Waals surface area contributed by atoms with Gasteiger partial charge in [0.2, 0.25) is 0 Å². The van der Waals surface area contributed by atoms with Gasteiger partial charge in [-0.25, -0.2) is 4.39 Å². The fraction of sp³-hybridized carbons (Fsp3) is 0.417. The van der Waals surface area contributed by atoms with Crippen molar-refractivity contribution in [1.29, 1.82) is 0 Å². The second-order valence-electron chi connectivity index (χ2n) is 4.48. The summed E-state index contributed by atoms with van der Waals surface area (Å²) in [4.78, 5) is 13.6. The Bertz CT molecular complexity index is 510. The van der Waals surface area contributed by atoms with Crippen molar-refractivity contribution in [2.45, 2.75) is 6.18 Å². The summed E-state index contributed by atoms with van der Waals surface area (Å²) in [5, 5.41) is 0. The molecule has 2 rings (SSSR count). The average molecular weight is 291 g/mol. The number of nitrogens with two attached hydrogens (primary N) is 1. The summed E-state index contributed by atoms with van der Waals surface area (Å²) in [5.74, 6) is -2.30. The topological polar surface area (TPSA) is 49.6 Å². The van der Waals surface area contributed by atoms with Gasteiger partial charge in [-0.1, -0.05) is 0 Å². The van der Waals surface area contributed by atoms with Crippen molar-refractivity contribution in [3.05, 3.63) is 24.0 Å². The summed E-state index contributed by atoms with van der Waals surface area (Å²) in [6, 6.07) is 3.87. The van der Waals surface area contributed by atoms with Gasteiger partial charge in [-0.05, 0) is 18.2 Å². The van der Waals surface area contributed by atoms with E-state index in [1.165, 1.54) is 12.1 Å². The van der Waals surface area contributed by atoms with Crippen LogP contribution in [0.4, 0.5) is 28.9 Å². The first-order valence-electron chi connectivity index (χ1n) is 5.95. The van der Waals surface area contributed by atoms with Gasteiger partial charge < -0.3 is 15.5 Å². The van der Waals surface area contributed by atoms with Crippen molar-refractivity contribution in [3.63, 3.8) is 0 Å². The number of hydrogen-bond donors (Lipinski definition) is 1. The lowest BCUT2D eigenvalue weighted by Gasteiger charge is -2.36. The zero-order chi connectivity index (χ0) is 14.9. The molecule has 4 nitrogen and oxygen atoms in total. The third kappa shape index (κ3) is 2.94. The Labute approximate surface area is 112 Å². The minimum Gasteiger partial charge on any atom is -0.397 e. The first-order valence-corrected chi connectivity index (χ1v) is 5.95. The van der Waals surface area contributed by atoms with Gasteiger partial charge in [0.1, 0.15) is 5.82 Å². The number of hydrogen-bond acceptors (Lipinski definition) is 3. The van der Waals surface area contributed by atoms with Crippen LogP contribution in [-0.4, -0.2) is 43.2 Å². The van der Waals surface area contributed by atoms with Crippen LogP contribution >= 0.6 is 0 Å². The maximum absolute atomic E-state index is 12.9. The number of benzene rings is 1. The standard InChI is InChI=1S/C12H13F4N3O/c13-8-1-2-10(9(17)7-8)18-3-5-19(6-4-18)11(20)12(14,15)16/h1-2,7H,3-6,17H2. The van der Waals surface area contributed by atoms with E-state index >= 15 is 0 Å². The molecule has 1 saturated heterocycles. The van der Waals surface area contributed by atoms with Crippen molar-refractivity contribution in [2.24, 2.45) is 0 Å². The van der Waals surface area contributed by atoms with Crippen molar-refractivity contribution in [3.8, 4) is 0 Å². The van der Waals surface area contributed by atoms with Crippen LogP contribution in [0.5, 0.6) is 0 Å². The Kier molecular flexibility index (Phi) is 3.74. The van der Waals surface area contributed by atoms with E-state index in [0.29, 0.717) is 5.69 Å². The van der Waals surface area contributed by atoms with Crippen molar-refractivity contribution < 1.29 is 22.4 Å². The molecular weight excluding hydrogens is 278 g/mol. The van der Waals surface area contributed by atoms with Crippen molar-refractivity contribution >= 4 is 17.3 Å². The highest BCUT2D eigenvalue weighted by molar-refractivity contribution is 5.82. The van der Waals surface area contributed by atoms with Crippen LogP contribution < -0.4 is 10.6 Å². The second kappa shape index (κ2) is 5.18. The third-order valence-electron chi connectivity index (χ3n) is 3.14. The number of halogens is 4. The lowest BCUT2D eigenvalue weighted by atomic mass is 10.2. The van der Waals surface area contributed by atoms with E-state index in [4.69, 9.17) is 5.73 Å². The molecule has 0 aliphatic carbocycles. The SMILES string of the molecule is Nc1cc(F)ccc1N1CCN(C(=O)C(F)(F)F)CC1. The molecule has 1 aliphatic rings. The van der Waals surface area contributed by atoms with Gasteiger partial charge in [-0.2, -0.15) is 13.2 Å². The number of nitrogens with zero attached hydrogens (tertiary/aromatic N) is 2. The largest absolute Gasteiger partial charge is 0.471 e. The molecule has 0 radical (unpaired) electrons. The maximum Gasteiger partial charge on any atom is 0.471 e. The molecule has 0 atom stereocenters. The molecule has 1 aromatic rings. The lowest BCUT2D eigenvalue weighted by molar-refractivity contribution is -0.185. The van der Waals surface area contributed by atoms with E-state index in [1.54, 1.807) is 4.90 Å². The first-order chi connectivity index (χ1) is 9.29. The Hall–Kier alpha value is -1.99. The molecule has 8 heteroatoms. The van der Waals surface area contributed by atoms with Crippen LogP contribution in [0.2, 0.25) is 0 Å². The number of piperazine rings is 1. The summed E-state index contributed by atoms with van der Waals surface area (Å²) in [5.41, 5.74) is 6.46. The monoisotopic (exact) mass is 291 g/mol. The second-order valence-corrected chi connectivity index (χ2v) is 4.48. The van der Waals surface area contributed by atoms with Crippen LogP contribution in [0.15, 0.2) is 18.2 Å². The van der Waals surface area contributed by atoms with Gasteiger partial charge in [-0.15, -0.1) is 0 Å². The molecule has 0 unspecified atom stereocenters. The smallest absolute Gasteiger partial charge is 0.397 e. The van der Waals surface area contributed by atoms with Gasteiger partial charge in [0.05, 0.1) is 11.4 Å². The Balaban J connectivity index is 2.03. The van der Waals surface area contributed by atoms with Crippen LogP contribution in [0.1, 0.15) is 0 Å². The van der Waals surface area contributed by atoms with Gasteiger partial charge in [0, 0.05) is 26.2 Å². The summed E-state index contributed by atoms with van der Waals surface area (Å²) >= 11 is 0. The van der Waals surface area contributed by atoms with Crippen molar-refractivity contribution in [2.75, 3.05) is 36.8 Å². The number of amides is 1. The molecule has 110 valence electrons. The zero-order valence-corrected chi connectivity index (χ0v) is 10.5. The zero-order valence-electron chi connectivity index (χ0n) is 10.5. The molecule has 1 amide bonds. The van der Waals surface area contributed by atoms with E-state index in [1.807, 2.05) is 0 Å². The number of carbonyl (C=O) groups excluding carboxylic acids is 1. The van der Waals surface area contributed by atoms with Gasteiger partial charge in [-0.3, -0.25) is 4.79 Å². The van der Waals surface area contributed by atoms with Crippen molar-refractivity contribution in [1.82, 2.24) is 4.90 Å². The molecule has 0 saturated carbocycles. The number of alkyl halides is 3. The fourth-order valence-electron chi connectivity index (χ4n) is 2.14. The lowest BCUT2D eigenvalue weighted by Crippen LogP contribution is -2.52. The minimum absolute atomic E-state index is 0.0465. The van der Waals surface area contributed by atoms with E-state index in [-0.39, 0.29) is 31.9 Å². The molecule has 1 fully saturated rings. The molecular formula is C12H13F4N3O. The number of rotatable bonds is 1. The van der Waals surface area contributed by atoms with Crippen LogP contribution in [0.25, 0.3) is 0 Å². The summed E-state index contributed by atoms with van der Waals surface area (Å²) in [7, 11) is 0. The van der Waals surface area contributed by atoms with Gasteiger partial charge >= 0.3 is 12.1 Å². The van der Waals surface area contributed by atoms with E-state index in [0.717, 1.165) is 11.0 Å². The normalized spacial score (nSPS) is 16.4. The summed E-state index contributed by atoms with van der Waals surface area (Å²) in [6.45, 7) is 0.347. The van der Waals surface area contributed by atoms with Gasteiger partial charge in [0.25, 0.3) is 0 Å². The molecule has 20 heavy (non-hydrogen) atoms. The Morgan fingerprint density at radius 3 is 2.25 bits per heavy atom. The molecule has 1 aromatic carbocycles. The fourth-order valence-corrected chi connectivity index (χ4v) is 2.14. The maximum atomic E-state index is 12.9. The Morgan fingerprint density at radius 2 is 1.75 bits per heavy atom. The molecule has 0 aromatic heterocycles. The molecule has 0 bridgehead atoms. The first kappa shape index (κ1) is 14.4. The third-order valence-corrected chi connectivity index (χ3v) is 3.14. The van der Waals surface area contributed by atoms with E-state index in [9.17, 15) is 22.4 Å². The highest BCUT2D eigenvalue weighted by Crippen LogP contribution is 2.26. The Morgan fingerprint density at radius 1 is 1.15 bits per heavy atom. The number of carbonyl (C=O) groups is 1. The van der Waals surface area contributed by atoms with E-state index < -0.39 is 17.9 Å². The van der Waals surface area contributed by atoms with E-state index in [2.05, 4.69) is 0 Å². The van der Waals surface area contributed by atoms with Crippen LogP contribution in [0, 0.1) is 5.82 Å². The highest BCUT2D eigenvalue weighted by atomic mass is 19.4. The minimum atomic E-state index is -4.85. The van der Waals surface area contributed by atoms with Gasteiger partial charge in [0.15, 0.2) is 0 Å². The molecule has 1 heterocycles. The predicted molar refractivity (Wildman–Crippen MR) is 65.7 cm³/mol. The quantitative estimate of drug-likeness (QED) is 0.632. The predicted octanol–water partition coefficient (Wildman–Crippen LogP) is 1.62. The number of anilines is 2. The highest BCUT2D eigenvalue weighted by Gasteiger charge is 2.43. The molecule has 2 N–H and O–H groups in total. The van der Waals surface area contributed by atoms with Crippen LogP contribution in [-0.2, 0) is 4.79 Å².